The Morgan fingerprint density at radius 1 is 1.25 bits per heavy atom. The summed E-state index contributed by atoms with van der Waals surface area (Å²) in [6.45, 7) is 2.59. The zero-order valence-corrected chi connectivity index (χ0v) is 13.5. The SMILES string of the molecule is Nc1cccc(-n2nc3c(c2O)CCN(CC2=CCCC=C2)C3)n1. The molecule has 124 valence electrons. The van der Waals surface area contributed by atoms with Crippen molar-refractivity contribution in [2.75, 3.05) is 18.8 Å². The molecule has 0 atom stereocenters. The van der Waals surface area contributed by atoms with Crippen LogP contribution in [0, 0.1) is 0 Å². The van der Waals surface area contributed by atoms with Gasteiger partial charge in [-0.15, -0.1) is 0 Å². The van der Waals surface area contributed by atoms with Crippen LogP contribution in [0.2, 0.25) is 0 Å². The fourth-order valence-electron chi connectivity index (χ4n) is 3.32. The molecule has 0 fully saturated rings. The molecule has 0 saturated carbocycles. The predicted octanol–water partition coefficient (Wildman–Crippen LogP) is 2.19. The second-order valence-corrected chi connectivity index (χ2v) is 6.30. The fraction of sp³-hybridized carbons (Fsp3) is 0.333. The Hall–Kier alpha value is -2.60. The largest absolute Gasteiger partial charge is 0.493 e. The second-order valence-electron chi connectivity index (χ2n) is 6.30. The van der Waals surface area contributed by atoms with Crippen LogP contribution in [0.4, 0.5) is 5.82 Å². The number of hydrogen-bond donors (Lipinski definition) is 2. The number of rotatable bonds is 3. The maximum Gasteiger partial charge on any atom is 0.219 e. The summed E-state index contributed by atoms with van der Waals surface area (Å²) in [7, 11) is 0. The van der Waals surface area contributed by atoms with Gasteiger partial charge in [0.2, 0.25) is 5.88 Å². The Balaban J connectivity index is 1.57. The van der Waals surface area contributed by atoms with E-state index in [4.69, 9.17) is 5.73 Å². The molecule has 0 unspecified atom stereocenters. The molecule has 6 heteroatoms. The molecule has 0 saturated heterocycles. The highest BCUT2D eigenvalue weighted by Gasteiger charge is 2.25. The Morgan fingerprint density at radius 2 is 2.17 bits per heavy atom. The predicted molar refractivity (Wildman–Crippen MR) is 92.9 cm³/mol. The van der Waals surface area contributed by atoms with Crippen LogP contribution in [0.1, 0.15) is 24.1 Å². The topological polar surface area (TPSA) is 80.2 Å². The lowest BCUT2D eigenvalue weighted by molar-refractivity contribution is 0.272. The van der Waals surface area contributed by atoms with E-state index in [0.29, 0.717) is 11.6 Å². The monoisotopic (exact) mass is 323 g/mol. The number of nitrogens with zero attached hydrogens (tertiary/aromatic N) is 4. The van der Waals surface area contributed by atoms with Gasteiger partial charge in [0.15, 0.2) is 5.82 Å². The minimum absolute atomic E-state index is 0.180. The molecule has 0 spiro atoms. The van der Waals surface area contributed by atoms with Crippen LogP contribution in [0.5, 0.6) is 5.88 Å². The highest BCUT2D eigenvalue weighted by atomic mass is 16.3. The number of fused-ring (bicyclic) bond motifs is 1. The van der Waals surface area contributed by atoms with Crippen molar-refractivity contribution < 1.29 is 5.11 Å². The van der Waals surface area contributed by atoms with E-state index in [9.17, 15) is 5.11 Å². The third-order valence-electron chi connectivity index (χ3n) is 4.54. The molecule has 4 rings (SSSR count). The third kappa shape index (κ3) is 2.80. The van der Waals surface area contributed by atoms with E-state index in [0.717, 1.165) is 50.2 Å². The van der Waals surface area contributed by atoms with E-state index in [1.807, 2.05) is 6.07 Å². The summed E-state index contributed by atoms with van der Waals surface area (Å²) < 4.78 is 1.49. The quantitative estimate of drug-likeness (QED) is 0.905. The van der Waals surface area contributed by atoms with Gasteiger partial charge in [-0.25, -0.2) is 4.98 Å². The highest BCUT2D eigenvalue weighted by molar-refractivity contribution is 5.41. The van der Waals surface area contributed by atoms with E-state index in [2.05, 4.69) is 33.2 Å². The zero-order valence-electron chi connectivity index (χ0n) is 13.5. The fourth-order valence-corrected chi connectivity index (χ4v) is 3.32. The van der Waals surface area contributed by atoms with E-state index < -0.39 is 0 Å². The van der Waals surface area contributed by atoms with Crippen LogP contribution in [0.3, 0.4) is 0 Å². The van der Waals surface area contributed by atoms with E-state index in [-0.39, 0.29) is 5.88 Å². The average molecular weight is 323 g/mol. The summed E-state index contributed by atoms with van der Waals surface area (Å²) in [4.78, 5) is 6.62. The lowest BCUT2D eigenvalue weighted by Gasteiger charge is -2.26. The van der Waals surface area contributed by atoms with Crippen LogP contribution in [-0.2, 0) is 13.0 Å². The number of anilines is 1. The molecule has 0 bridgehead atoms. The number of nitrogen functional groups attached to an aromatic ring is 1. The zero-order chi connectivity index (χ0) is 16.5. The Bertz CT molecular complexity index is 821. The van der Waals surface area contributed by atoms with Gasteiger partial charge in [-0.2, -0.15) is 9.78 Å². The minimum atomic E-state index is 0.180. The molecule has 3 N–H and O–H groups in total. The molecule has 0 aromatic carbocycles. The lowest BCUT2D eigenvalue weighted by Crippen LogP contribution is -2.31. The van der Waals surface area contributed by atoms with Crippen molar-refractivity contribution in [3.8, 4) is 11.7 Å². The standard InChI is InChI=1S/C18H21N5O/c19-16-7-4-8-17(20-16)23-18(24)14-9-10-22(12-15(14)21-23)11-13-5-2-1-3-6-13/h2,4-8,24H,1,3,9-12H2,(H2,19,20). The van der Waals surface area contributed by atoms with Gasteiger partial charge in [0.05, 0.1) is 5.69 Å². The van der Waals surface area contributed by atoms with Gasteiger partial charge < -0.3 is 10.8 Å². The summed E-state index contributed by atoms with van der Waals surface area (Å²) >= 11 is 0. The third-order valence-corrected chi connectivity index (χ3v) is 4.54. The van der Waals surface area contributed by atoms with Gasteiger partial charge in [0, 0.05) is 25.2 Å². The van der Waals surface area contributed by atoms with Crippen molar-refractivity contribution in [1.29, 1.82) is 0 Å². The van der Waals surface area contributed by atoms with E-state index >= 15 is 0 Å². The van der Waals surface area contributed by atoms with Crippen molar-refractivity contribution in [2.45, 2.75) is 25.8 Å². The minimum Gasteiger partial charge on any atom is -0.493 e. The molecule has 2 aliphatic rings. The van der Waals surface area contributed by atoms with Gasteiger partial charge in [-0.3, -0.25) is 4.90 Å². The average Bonchev–Trinajstić information content (AvgIpc) is 2.92. The van der Waals surface area contributed by atoms with Crippen LogP contribution in [0.25, 0.3) is 5.82 Å². The van der Waals surface area contributed by atoms with Crippen molar-refractivity contribution in [3.63, 3.8) is 0 Å². The summed E-state index contributed by atoms with van der Waals surface area (Å²) in [5, 5.41) is 15.1. The van der Waals surface area contributed by atoms with Gasteiger partial charge in [-0.05, 0) is 37.0 Å². The molecule has 1 aliphatic carbocycles. The number of hydrogen-bond acceptors (Lipinski definition) is 5. The van der Waals surface area contributed by atoms with Crippen LogP contribution in [0.15, 0.2) is 42.0 Å². The summed E-state index contributed by atoms with van der Waals surface area (Å²) in [5.41, 5.74) is 8.95. The lowest BCUT2D eigenvalue weighted by atomic mass is 10.0. The Kier molecular flexibility index (Phi) is 3.82. The highest BCUT2D eigenvalue weighted by Crippen LogP contribution is 2.29. The first kappa shape index (κ1) is 15.0. The first-order chi connectivity index (χ1) is 11.7. The number of nitrogens with two attached hydrogens (primary N) is 1. The molecule has 0 amide bonds. The first-order valence-electron chi connectivity index (χ1n) is 8.31. The van der Waals surface area contributed by atoms with Crippen molar-refractivity contribution in [1.82, 2.24) is 19.7 Å². The second kappa shape index (κ2) is 6.13. The maximum atomic E-state index is 10.5. The molecular weight excluding hydrogens is 302 g/mol. The van der Waals surface area contributed by atoms with E-state index in [1.165, 1.54) is 10.3 Å². The van der Waals surface area contributed by atoms with Gasteiger partial charge in [0.25, 0.3) is 0 Å². The summed E-state index contributed by atoms with van der Waals surface area (Å²) in [6, 6.07) is 5.33. The molecule has 1 aliphatic heterocycles. The Morgan fingerprint density at radius 3 is 2.96 bits per heavy atom. The van der Waals surface area contributed by atoms with Crippen LogP contribution >= 0.6 is 0 Å². The van der Waals surface area contributed by atoms with Crippen LogP contribution < -0.4 is 5.73 Å². The van der Waals surface area contributed by atoms with Crippen molar-refractivity contribution >= 4 is 5.82 Å². The van der Waals surface area contributed by atoms with Gasteiger partial charge in [-0.1, -0.05) is 24.3 Å². The van der Waals surface area contributed by atoms with Crippen molar-refractivity contribution in [3.05, 3.63) is 53.3 Å². The number of aromatic hydroxyl groups is 1. The molecule has 2 aromatic rings. The normalized spacial score (nSPS) is 17.6. The molecule has 3 heterocycles. The number of pyridine rings is 1. The van der Waals surface area contributed by atoms with Gasteiger partial charge >= 0.3 is 0 Å². The molecule has 0 radical (unpaired) electrons. The summed E-state index contributed by atoms with van der Waals surface area (Å²) in [5.74, 6) is 1.14. The van der Waals surface area contributed by atoms with E-state index in [1.54, 1.807) is 12.1 Å². The summed E-state index contributed by atoms with van der Waals surface area (Å²) in [6.07, 6.45) is 9.81. The van der Waals surface area contributed by atoms with Crippen LogP contribution in [-0.4, -0.2) is 37.9 Å². The van der Waals surface area contributed by atoms with Crippen molar-refractivity contribution in [2.24, 2.45) is 0 Å². The smallest absolute Gasteiger partial charge is 0.219 e. The molecule has 6 nitrogen and oxygen atoms in total. The number of aromatic nitrogens is 3. The molecule has 24 heavy (non-hydrogen) atoms. The number of allylic oxidation sites excluding steroid dienone is 2. The maximum absolute atomic E-state index is 10.5. The first-order valence-corrected chi connectivity index (χ1v) is 8.31. The Labute approximate surface area is 140 Å². The van der Waals surface area contributed by atoms with Gasteiger partial charge in [0.1, 0.15) is 5.82 Å². The molecular formula is C18H21N5O. The molecule has 2 aromatic heterocycles.